The molecule has 0 saturated carbocycles. The molecular weight excluding hydrogens is 343 g/mol. The number of amides is 1. The molecule has 5 nitrogen and oxygen atoms in total. The van der Waals surface area contributed by atoms with Crippen LogP contribution < -0.4 is 11.1 Å². The minimum atomic E-state index is -0.480. The van der Waals surface area contributed by atoms with Gasteiger partial charge in [-0.2, -0.15) is 0 Å². The maximum atomic E-state index is 14.4. The Hall–Kier alpha value is -3.41. The lowest BCUT2D eigenvalue weighted by molar-refractivity contribution is 0.102. The fourth-order valence-corrected chi connectivity index (χ4v) is 2.96. The fraction of sp³-hybridized carbons (Fsp3) is 0.143. The first kappa shape index (κ1) is 18.4. The molecule has 3 aromatic rings. The van der Waals surface area contributed by atoms with Gasteiger partial charge >= 0.3 is 0 Å². The van der Waals surface area contributed by atoms with E-state index in [0.29, 0.717) is 17.5 Å². The van der Waals surface area contributed by atoms with E-state index in [1.165, 1.54) is 6.07 Å². The fourth-order valence-electron chi connectivity index (χ4n) is 2.96. The van der Waals surface area contributed by atoms with E-state index in [0.717, 1.165) is 22.5 Å². The molecular formula is C21H21FN4O. The quantitative estimate of drug-likeness (QED) is 0.408. The van der Waals surface area contributed by atoms with Crippen LogP contribution in [0.4, 0.5) is 10.1 Å². The molecule has 3 rings (SSSR count). The Bertz CT molecular complexity index is 1010. The summed E-state index contributed by atoms with van der Waals surface area (Å²) in [5, 5.41) is 10.0. The normalized spacial score (nSPS) is 10.6. The number of nitrogens with one attached hydrogen (secondary N) is 3. The van der Waals surface area contributed by atoms with Gasteiger partial charge in [-0.25, -0.2) is 4.39 Å². The second-order valence-corrected chi connectivity index (χ2v) is 6.55. The van der Waals surface area contributed by atoms with Crippen molar-refractivity contribution in [2.24, 2.45) is 5.73 Å². The molecule has 0 atom stereocenters. The Morgan fingerprint density at radius 2 is 1.78 bits per heavy atom. The van der Waals surface area contributed by atoms with Gasteiger partial charge < -0.3 is 16.0 Å². The summed E-state index contributed by atoms with van der Waals surface area (Å²) in [6, 6.07) is 13.8. The van der Waals surface area contributed by atoms with Crippen molar-refractivity contribution < 1.29 is 9.18 Å². The topological polar surface area (TPSA) is 94.8 Å². The summed E-state index contributed by atoms with van der Waals surface area (Å²) in [5.74, 6) is -0.810. The van der Waals surface area contributed by atoms with Crippen LogP contribution in [0.15, 0.2) is 48.5 Å². The van der Waals surface area contributed by atoms with Crippen molar-refractivity contribution in [1.29, 1.82) is 5.41 Å². The van der Waals surface area contributed by atoms with Crippen LogP contribution in [0.5, 0.6) is 0 Å². The number of amidine groups is 1. The van der Waals surface area contributed by atoms with Crippen LogP contribution in [0, 0.1) is 25.1 Å². The van der Waals surface area contributed by atoms with Gasteiger partial charge in [-0.1, -0.05) is 30.3 Å². The number of aromatic amines is 1. The number of carbonyl (C=O) groups excluding carboxylic acids is 1. The van der Waals surface area contributed by atoms with E-state index in [1.807, 2.05) is 19.1 Å². The first-order valence-electron chi connectivity index (χ1n) is 8.53. The van der Waals surface area contributed by atoms with Crippen LogP contribution in [0.3, 0.4) is 0 Å². The van der Waals surface area contributed by atoms with E-state index in [1.54, 1.807) is 37.3 Å². The summed E-state index contributed by atoms with van der Waals surface area (Å²) >= 11 is 0. The molecule has 0 fully saturated rings. The Morgan fingerprint density at radius 1 is 1.11 bits per heavy atom. The van der Waals surface area contributed by atoms with Gasteiger partial charge in [0.15, 0.2) is 0 Å². The molecule has 27 heavy (non-hydrogen) atoms. The second kappa shape index (κ2) is 7.45. The standard InChI is InChI=1S/C21H21FN4O/c1-12-9-17(13(2)25-12)21(27)26-19-8-5-15(11-18(19)22)10-14-3-6-16(7-4-14)20(23)24/h3-9,11,25H,10H2,1-2H3,(H3,23,24)(H,26,27). The van der Waals surface area contributed by atoms with E-state index in [2.05, 4.69) is 10.3 Å². The number of rotatable bonds is 5. The molecule has 1 aromatic heterocycles. The van der Waals surface area contributed by atoms with Crippen LogP contribution >= 0.6 is 0 Å². The average Bonchev–Trinajstić information content (AvgIpc) is 2.96. The van der Waals surface area contributed by atoms with Gasteiger partial charge in [0.05, 0.1) is 11.3 Å². The minimum absolute atomic E-state index is 0.0144. The van der Waals surface area contributed by atoms with Gasteiger partial charge in [0, 0.05) is 17.0 Å². The zero-order chi connectivity index (χ0) is 19.6. The number of nitrogen functional groups attached to an aromatic ring is 1. The highest BCUT2D eigenvalue weighted by molar-refractivity contribution is 6.05. The highest BCUT2D eigenvalue weighted by atomic mass is 19.1. The van der Waals surface area contributed by atoms with Crippen molar-refractivity contribution in [1.82, 2.24) is 4.98 Å². The van der Waals surface area contributed by atoms with Crippen molar-refractivity contribution >= 4 is 17.4 Å². The van der Waals surface area contributed by atoms with Gasteiger partial charge in [-0.3, -0.25) is 10.2 Å². The maximum absolute atomic E-state index is 14.4. The zero-order valence-corrected chi connectivity index (χ0v) is 15.2. The molecule has 1 heterocycles. The van der Waals surface area contributed by atoms with Crippen LogP contribution in [0.2, 0.25) is 0 Å². The number of aromatic nitrogens is 1. The third-order valence-electron chi connectivity index (χ3n) is 4.35. The summed E-state index contributed by atoms with van der Waals surface area (Å²) in [4.78, 5) is 15.4. The molecule has 0 aliphatic carbocycles. The van der Waals surface area contributed by atoms with Gasteiger partial charge in [0.2, 0.25) is 0 Å². The van der Waals surface area contributed by atoms with Crippen molar-refractivity contribution in [3.8, 4) is 0 Å². The first-order valence-corrected chi connectivity index (χ1v) is 8.53. The number of hydrogen-bond acceptors (Lipinski definition) is 2. The van der Waals surface area contributed by atoms with Crippen LogP contribution in [-0.2, 0) is 6.42 Å². The predicted molar refractivity (Wildman–Crippen MR) is 105 cm³/mol. The first-order chi connectivity index (χ1) is 12.8. The average molecular weight is 364 g/mol. The number of H-pyrrole nitrogens is 1. The predicted octanol–water partition coefficient (Wildman–Crippen LogP) is 3.90. The third kappa shape index (κ3) is 4.23. The molecule has 0 unspecified atom stereocenters. The molecule has 2 aromatic carbocycles. The summed E-state index contributed by atoms with van der Waals surface area (Å²) in [5.41, 5.74) is 10.1. The van der Waals surface area contributed by atoms with E-state index in [-0.39, 0.29) is 17.4 Å². The van der Waals surface area contributed by atoms with E-state index >= 15 is 0 Å². The molecule has 5 N–H and O–H groups in total. The Labute approximate surface area is 156 Å². The van der Waals surface area contributed by atoms with Crippen molar-refractivity contribution in [2.45, 2.75) is 20.3 Å². The SMILES string of the molecule is Cc1cc(C(=O)Nc2ccc(Cc3ccc(C(=N)N)cc3)cc2F)c(C)[nH]1. The van der Waals surface area contributed by atoms with Gasteiger partial charge in [0.1, 0.15) is 11.7 Å². The van der Waals surface area contributed by atoms with Gasteiger partial charge in [-0.05, 0) is 49.6 Å². The molecule has 0 radical (unpaired) electrons. The molecule has 1 amide bonds. The number of aryl methyl sites for hydroxylation is 2. The third-order valence-corrected chi connectivity index (χ3v) is 4.35. The van der Waals surface area contributed by atoms with Gasteiger partial charge in [0.25, 0.3) is 5.91 Å². The molecule has 0 bridgehead atoms. The smallest absolute Gasteiger partial charge is 0.257 e. The monoisotopic (exact) mass is 364 g/mol. The largest absolute Gasteiger partial charge is 0.384 e. The van der Waals surface area contributed by atoms with Crippen LogP contribution in [-0.4, -0.2) is 16.7 Å². The van der Waals surface area contributed by atoms with Crippen molar-refractivity contribution in [3.05, 3.63) is 88.0 Å². The lowest BCUT2D eigenvalue weighted by Crippen LogP contribution is -2.13. The number of carbonyl (C=O) groups is 1. The maximum Gasteiger partial charge on any atom is 0.257 e. The van der Waals surface area contributed by atoms with E-state index in [9.17, 15) is 9.18 Å². The highest BCUT2D eigenvalue weighted by Crippen LogP contribution is 2.20. The summed E-state index contributed by atoms with van der Waals surface area (Å²) in [6.07, 6.45) is 0.541. The Morgan fingerprint density at radius 3 is 2.33 bits per heavy atom. The molecule has 138 valence electrons. The number of benzene rings is 2. The van der Waals surface area contributed by atoms with Crippen molar-refractivity contribution in [3.63, 3.8) is 0 Å². The molecule has 0 aliphatic rings. The van der Waals surface area contributed by atoms with Crippen LogP contribution in [0.25, 0.3) is 0 Å². The minimum Gasteiger partial charge on any atom is -0.384 e. The second-order valence-electron chi connectivity index (χ2n) is 6.55. The number of halogens is 1. The highest BCUT2D eigenvalue weighted by Gasteiger charge is 2.14. The van der Waals surface area contributed by atoms with Crippen molar-refractivity contribution in [2.75, 3.05) is 5.32 Å². The zero-order valence-electron chi connectivity index (χ0n) is 15.2. The van der Waals surface area contributed by atoms with E-state index < -0.39 is 5.82 Å². The molecule has 6 heteroatoms. The van der Waals surface area contributed by atoms with Crippen LogP contribution in [0.1, 0.15) is 38.4 Å². The number of nitrogens with two attached hydrogens (primary N) is 1. The summed E-state index contributed by atoms with van der Waals surface area (Å²) in [6.45, 7) is 3.67. The lowest BCUT2D eigenvalue weighted by Gasteiger charge is -2.09. The molecule has 0 saturated heterocycles. The molecule has 0 spiro atoms. The number of hydrogen-bond donors (Lipinski definition) is 4. The van der Waals surface area contributed by atoms with Gasteiger partial charge in [-0.15, -0.1) is 0 Å². The summed E-state index contributed by atoms with van der Waals surface area (Å²) in [7, 11) is 0. The molecule has 0 aliphatic heterocycles. The number of anilines is 1. The summed E-state index contributed by atoms with van der Waals surface area (Å²) < 4.78 is 14.4. The Kier molecular flexibility index (Phi) is 5.07. The Balaban J connectivity index is 1.72. The van der Waals surface area contributed by atoms with E-state index in [4.69, 9.17) is 11.1 Å². The lowest BCUT2D eigenvalue weighted by atomic mass is 10.0.